The van der Waals surface area contributed by atoms with Crippen molar-refractivity contribution in [2.75, 3.05) is 7.11 Å². The minimum Gasteiger partial charge on any atom is -0.465 e. The summed E-state index contributed by atoms with van der Waals surface area (Å²) >= 11 is 0. The highest BCUT2D eigenvalue weighted by Crippen LogP contribution is 2.76. The molecule has 2 bridgehead atoms. The van der Waals surface area contributed by atoms with E-state index < -0.39 is 5.54 Å². The Labute approximate surface area is 171 Å². The van der Waals surface area contributed by atoms with Gasteiger partial charge in [-0.25, -0.2) is 4.79 Å². The van der Waals surface area contributed by atoms with E-state index >= 15 is 0 Å². The predicted octanol–water partition coefficient (Wildman–Crippen LogP) is 5.57. The summed E-state index contributed by atoms with van der Waals surface area (Å²) in [5.74, 6) is 0.362. The van der Waals surface area contributed by atoms with Gasteiger partial charge in [0.25, 0.3) is 0 Å². The van der Waals surface area contributed by atoms with Crippen LogP contribution in [0.15, 0.2) is 70.9 Å². The standard InChI is InChI=1S/C25H26N2O2/c1-16-8-12-18(13-9-16)24-20-6-5-7-21(20)25(27-26-24,23(24,2)3)19-14-10-17(11-15-19)22(28)29-4/h5-6,8-15,20-21H,7H2,1-4H3/t20-,21+,24-,25+/m1/s1. The maximum absolute atomic E-state index is 11.9. The number of allylic oxidation sites excluding steroid dienone is 1. The molecule has 0 radical (unpaired) electrons. The van der Waals surface area contributed by atoms with Gasteiger partial charge in [-0.2, -0.15) is 10.2 Å². The van der Waals surface area contributed by atoms with Crippen molar-refractivity contribution in [3.05, 3.63) is 82.9 Å². The molecule has 3 aliphatic rings. The van der Waals surface area contributed by atoms with Crippen LogP contribution < -0.4 is 0 Å². The van der Waals surface area contributed by atoms with Gasteiger partial charge in [0.15, 0.2) is 0 Å². The first kappa shape index (κ1) is 18.3. The largest absolute Gasteiger partial charge is 0.465 e. The third kappa shape index (κ3) is 2.02. The molecule has 0 saturated heterocycles. The molecule has 4 atom stereocenters. The van der Waals surface area contributed by atoms with Crippen LogP contribution in [0.3, 0.4) is 0 Å². The Hall–Kier alpha value is -2.75. The zero-order valence-electron chi connectivity index (χ0n) is 17.3. The summed E-state index contributed by atoms with van der Waals surface area (Å²) in [7, 11) is 1.41. The highest BCUT2D eigenvalue weighted by molar-refractivity contribution is 5.89. The molecule has 29 heavy (non-hydrogen) atoms. The van der Waals surface area contributed by atoms with E-state index in [9.17, 15) is 4.79 Å². The number of rotatable bonds is 3. The van der Waals surface area contributed by atoms with Crippen LogP contribution in [-0.4, -0.2) is 13.1 Å². The normalized spacial score (nSPS) is 33.1. The van der Waals surface area contributed by atoms with Gasteiger partial charge in [0, 0.05) is 17.3 Å². The van der Waals surface area contributed by atoms with Crippen LogP contribution in [0.2, 0.25) is 0 Å². The first-order valence-electron chi connectivity index (χ1n) is 10.3. The number of ether oxygens (including phenoxy) is 1. The van der Waals surface area contributed by atoms with Gasteiger partial charge in [-0.1, -0.05) is 68.0 Å². The van der Waals surface area contributed by atoms with Crippen LogP contribution >= 0.6 is 0 Å². The topological polar surface area (TPSA) is 51.0 Å². The summed E-state index contributed by atoms with van der Waals surface area (Å²) in [5, 5.41) is 10.1. The smallest absolute Gasteiger partial charge is 0.337 e. The average molecular weight is 386 g/mol. The lowest BCUT2D eigenvalue weighted by atomic mass is 9.61. The van der Waals surface area contributed by atoms with E-state index in [1.807, 2.05) is 24.3 Å². The molecule has 4 nitrogen and oxygen atoms in total. The van der Waals surface area contributed by atoms with E-state index in [1.54, 1.807) is 0 Å². The molecular formula is C25H26N2O2. The van der Waals surface area contributed by atoms with Crippen LogP contribution in [0.5, 0.6) is 0 Å². The summed E-state index contributed by atoms with van der Waals surface area (Å²) in [5.41, 5.74) is 3.18. The van der Waals surface area contributed by atoms with E-state index in [-0.39, 0.29) is 16.9 Å². The van der Waals surface area contributed by atoms with Crippen molar-refractivity contribution >= 4 is 5.97 Å². The van der Waals surface area contributed by atoms with Gasteiger partial charge in [0.2, 0.25) is 0 Å². The molecule has 0 unspecified atom stereocenters. The van der Waals surface area contributed by atoms with Crippen molar-refractivity contribution in [3.63, 3.8) is 0 Å². The SMILES string of the molecule is COC(=O)c1ccc([C@]23N=N[C@](c4ccc(C)cc4)([C@@H]4C=CC[C@@H]42)C3(C)C)cc1. The van der Waals surface area contributed by atoms with Gasteiger partial charge >= 0.3 is 5.97 Å². The number of fused-ring (bicyclic) bond motifs is 5. The molecule has 1 aliphatic heterocycles. The van der Waals surface area contributed by atoms with Gasteiger partial charge in [0.1, 0.15) is 11.1 Å². The first-order valence-corrected chi connectivity index (χ1v) is 10.3. The van der Waals surface area contributed by atoms with Crippen molar-refractivity contribution in [1.82, 2.24) is 0 Å². The zero-order chi connectivity index (χ0) is 20.4. The number of esters is 1. The number of hydrogen-bond donors (Lipinski definition) is 0. The fraction of sp³-hybridized carbons (Fsp3) is 0.400. The van der Waals surface area contributed by atoms with Crippen LogP contribution in [0.1, 0.15) is 47.3 Å². The second-order valence-corrected chi connectivity index (χ2v) is 9.09. The van der Waals surface area contributed by atoms with Crippen LogP contribution in [0.25, 0.3) is 0 Å². The van der Waals surface area contributed by atoms with E-state index in [4.69, 9.17) is 15.0 Å². The number of azo groups is 1. The Morgan fingerprint density at radius 2 is 1.55 bits per heavy atom. The van der Waals surface area contributed by atoms with Crippen molar-refractivity contribution in [2.24, 2.45) is 27.5 Å². The zero-order valence-corrected chi connectivity index (χ0v) is 17.3. The predicted molar refractivity (Wildman–Crippen MR) is 112 cm³/mol. The summed E-state index contributed by atoms with van der Waals surface area (Å²) in [6.07, 6.45) is 5.65. The summed E-state index contributed by atoms with van der Waals surface area (Å²) < 4.78 is 4.86. The number of hydrogen-bond acceptors (Lipinski definition) is 4. The fourth-order valence-electron chi connectivity index (χ4n) is 6.26. The summed E-state index contributed by atoms with van der Waals surface area (Å²) in [4.78, 5) is 11.9. The van der Waals surface area contributed by atoms with E-state index in [1.165, 1.54) is 18.2 Å². The van der Waals surface area contributed by atoms with Crippen molar-refractivity contribution < 1.29 is 9.53 Å². The molecule has 2 aromatic carbocycles. The number of aryl methyl sites for hydroxylation is 1. The van der Waals surface area contributed by atoms with Crippen molar-refractivity contribution in [2.45, 2.75) is 38.3 Å². The quantitative estimate of drug-likeness (QED) is 0.511. The molecule has 148 valence electrons. The monoisotopic (exact) mass is 386 g/mol. The Kier molecular flexibility index (Phi) is 3.71. The van der Waals surface area contributed by atoms with Crippen LogP contribution in [0, 0.1) is 24.2 Å². The van der Waals surface area contributed by atoms with Gasteiger partial charge in [-0.05, 0) is 36.6 Å². The van der Waals surface area contributed by atoms with E-state index in [2.05, 4.69) is 57.2 Å². The van der Waals surface area contributed by atoms with Crippen LogP contribution in [0.4, 0.5) is 0 Å². The van der Waals surface area contributed by atoms with Crippen molar-refractivity contribution in [1.29, 1.82) is 0 Å². The minimum atomic E-state index is -0.416. The second-order valence-electron chi connectivity index (χ2n) is 9.09. The molecule has 5 rings (SSSR count). The fourth-order valence-corrected chi connectivity index (χ4v) is 6.26. The highest BCUT2D eigenvalue weighted by atomic mass is 16.5. The summed E-state index contributed by atoms with van der Waals surface area (Å²) in [6.45, 7) is 6.74. The Balaban J connectivity index is 1.68. The van der Waals surface area contributed by atoms with E-state index in [0.29, 0.717) is 17.4 Å². The second kappa shape index (κ2) is 5.88. The van der Waals surface area contributed by atoms with E-state index in [0.717, 1.165) is 12.0 Å². The lowest BCUT2D eigenvalue weighted by molar-refractivity contribution is 0.0600. The maximum atomic E-state index is 11.9. The molecule has 1 heterocycles. The summed E-state index contributed by atoms with van der Waals surface area (Å²) in [6, 6.07) is 16.6. The molecule has 0 N–H and O–H groups in total. The van der Waals surface area contributed by atoms with Gasteiger partial charge in [-0.3, -0.25) is 0 Å². The van der Waals surface area contributed by atoms with Gasteiger partial charge in [-0.15, -0.1) is 0 Å². The van der Waals surface area contributed by atoms with Gasteiger partial charge < -0.3 is 4.74 Å². The number of carbonyl (C=O) groups is 1. The Bertz CT molecular complexity index is 1040. The number of methoxy groups -OCH3 is 1. The molecule has 1 fully saturated rings. The molecule has 0 aromatic heterocycles. The molecule has 0 spiro atoms. The molecular weight excluding hydrogens is 360 g/mol. The molecule has 0 amide bonds. The maximum Gasteiger partial charge on any atom is 0.337 e. The lowest BCUT2D eigenvalue weighted by Gasteiger charge is -2.41. The Morgan fingerprint density at radius 1 is 0.966 bits per heavy atom. The lowest BCUT2D eigenvalue weighted by Crippen LogP contribution is -2.44. The third-order valence-corrected chi connectivity index (χ3v) is 7.69. The number of carbonyl (C=O) groups excluding carboxylic acids is 1. The van der Waals surface area contributed by atoms with Crippen LogP contribution in [-0.2, 0) is 15.8 Å². The minimum absolute atomic E-state index is 0.206. The molecule has 4 heteroatoms. The third-order valence-electron chi connectivity index (χ3n) is 7.69. The number of nitrogens with zero attached hydrogens (tertiary/aromatic N) is 2. The molecule has 2 aliphatic carbocycles. The first-order chi connectivity index (χ1) is 13.9. The highest BCUT2D eigenvalue weighted by Gasteiger charge is 2.77. The number of benzene rings is 2. The molecule has 1 saturated carbocycles. The average Bonchev–Trinajstić information content (AvgIpc) is 3.35. The molecule has 2 aromatic rings. The van der Waals surface area contributed by atoms with Crippen molar-refractivity contribution in [3.8, 4) is 0 Å². The van der Waals surface area contributed by atoms with Gasteiger partial charge in [0.05, 0.1) is 12.7 Å². The Morgan fingerprint density at radius 3 is 2.21 bits per heavy atom.